The first-order valence-corrected chi connectivity index (χ1v) is 11.0. The van der Waals surface area contributed by atoms with Gasteiger partial charge in [0.2, 0.25) is 11.8 Å². The summed E-state index contributed by atoms with van der Waals surface area (Å²) >= 11 is 12.3. The van der Waals surface area contributed by atoms with Crippen LogP contribution in [0.2, 0.25) is 10.0 Å². The Hall–Kier alpha value is -2.87. The molecule has 0 radical (unpaired) electrons. The molecular weight excluding hydrogens is 449 g/mol. The van der Waals surface area contributed by atoms with E-state index in [1.165, 1.54) is 17.3 Å². The van der Waals surface area contributed by atoms with Crippen LogP contribution in [0.3, 0.4) is 0 Å². The zero-order valence-electron chi connectivity index (χ0n) is 17.8. The molecule has 0 spiro atoms. The SMILES string of the molecule is CCOc1nc(Nc2ccc3c(c2)CN(C)CC3)ncc1C(=O)Nc1c(Cl)cccc1Cl. The quantitative estimate of drug-likeness (QED) is 0.516. The lowest BCUT2D eigenvalue weighted by Crippen LogP contribution is -2.26. The number of amides is 1. The molecule has 4 rings (SSSR count). The highest BCUT2D eigenvalue weighted by molar-refractivity contribution is 6.40. The van der Waals surface area contributed by atoms with Crippen LogP contribution in [0.25, 0.3) is 0 Å². The van der Waals surface area contributed by atoms with E-state index >= 15 is 0 Å². The second kappa shape index (κ2) is 9.73. The molecule has 1 amide bonds. The van der Waals surface area contributed by atoms with E-state index in [0.29, 0.717) is 28.3 Å². The molecule has 0 saturated carbocycles. The van der Waals surface area contributed by atoms with Gasteiger partial charge in [0.25, 0.3) is 5.91 Å². The smallest absolute Gasteiger partial charge is 0.262 e. The minimum Gasteiger partial charge on any atom is -0.477 e. The molecule has 0 bridgehead atoms. The summed E-state index contributed by atoms with van der Waals surface area (Å²) in [5.41, 5.74) is 4.02. The van der Waals surface area contributed by atoms with Gasteiger partial charge in [-0.2, -0.15) is 4.98 Å². The van der Waals surface area contributed by atoms with Gasteiger partial charge in [-0.05, 0) is 55.8 Å². The van der Waals surface area contributed by atoms with Crippen LogP contribution in [0.4, 0.5) is 17.3 Å². The Kier molecular flexibility index (Phi) is 6.79. The number of nitrogens with one attached hydrogen (secondary N) is 2. The summed E-state index contributed by atoms with van der Waals surface area (Å²) < 4.78 is 5.61. The zero-order chi connectivity index (χ0) is 22.7. The van der Waals surface area contributed by atoms with E-state index in [1.807, 2.05) is 13.0 Å². The van der Waals surface area contributed by atoms with Gasteiger partial charge < -0.3 is 20.3 Å². The monoisotopic (exact) mass is 471 g/mol. The summed E-state index contributed by atoms with van der Waals surface area (Å²) in [4.78, 5) is 23.9. The molecule has 1 aliphatic rings. The summed E-state index contributed by atoms with van der Waals surface area (Å²) in [6.07, 6.45) is 2.46. The van der Waals surface area contributed by atoms with Crippen LogP contribution in [0.15, 0.2) is 42.6 Å². The number of hydrogen-bond donors (Lipinski definition) is 2. The van der Waals surface area contributed by atoms with E-state index < -0.39 is 5.91 Å². The number of halogens is 2. The lowest BCUT2D eigenvalue weighted by molar-refractivity contribution is 0.102. The van der Waals surface area contributed by atoms with Crippen LogP contribution in [0.5, 0.6) is 5.88 Å². The number of aromatic nitrogens is 2. The van der Waals surface area contributed by atoms with Gasteiger partial charge in [0.15, 0.2) is 0 Å². The number of para-hydroxylation sites is 1. The van der Waals surface area contributed by atoms with Gasteiger partial charge in [-0.1, -0.05) is 35.3 Å². The minimum atomic E-state index is -0.466. The van der Waals surface area contributed by atoms with Gasteiger partial charge >= 0.3 is 0 Å². The Balaban J connectivity index is 1.57. The maximum Gasteiger partial charge on any atom is 0.262 e. The number of nitrogens with zero attached hydrogens (tertiary/aromatic N) is 3. The number of fused-ring (bicyclic) bond motifs is 1. The molecule has 0 fully saturated rings. The lowest BCUT2D eigenvalue weighted by Gasteiger charge is -2.25. The van der Waals surface area contributed by atoms with E-state index in [1.54, 1.807) is 18.2 Å². The number of rotatable bonds is 6. The molecule has 0 unspecified atom stereocenters. The van der Waals surface area contributed by atoms with E-state index in [0.717, 1.165) is 25.2 Å². The number of carbonyl (C=O) groups is 1. The maximum atomic E-state index is 12.9. The molecule has 2 heterocycles. The molecule has 1 aliphatic heterocycles. The second-order valence-corrected chi connectivity index (χ2v) is 8.31. The predicted octanol–water partition coefficient (Wildman–Crippen LogP) is 5.17. The van der Waals surface area contributed by atoms with Crippen LogP contribution in [0, 0.1) is 0 Å². The summed E-state index contributed by atoms with van der Waals surface area (Å²) in [7, 11) is 2.11. The van der Waals surface area contributed by atoms with Crippen LogP contribution in [0.1, 0.15) is 28.4 Å². The van der Waals surface area contributed by atoms with Gasteiger partial charge in [0.1, 0.15) is 5.56 Å². The Morgan fingerprint density at radius 3 is 2.72 bits per heavy atom. The highest BCUT2D eigenvalue weighted by Crippen LogP contribution is 2.31. The van der Waals surface area contributed by atoms with Crippen molar-refractivity contribution in [1.29, 1.82) is 0 Å². The summed E-state index contributed by atoms with van der Waals surface area (Å²) in [6.45, 7) is 4.12. The first-order valence-electron chi connectivity index (χ1n) is 10.3. The number of anilines is 3. The number of hydrogen-bond acceptors (Lipinski definition) is 6. The Bertz CT molecular complexity index is 1130. The molecule has 32 heavy (non-hydrogen) atoms. The lowest BCUT2D eigenvalue weighted by atomic mass is 9.99. The first kappa shape index (κ1) is 22.3. The summed E-state index contributed by atoms with van der Waals surface area (Å²) in [5, 5.41) is 6.59. The second-order valence-electron chi connectivity index (χ2n) is 7.49. The fourth-order valence-corrected chi connectivity index (χ4v) is 4.02. The standard InChI is InChI=1S/C23H23Cl2N5O2/c1-3-32-22-17(21(31)28-20-18(24)5-4-6-19(20)25)12-26-23(29-22)27-16-8-7-14-9-10-30(2)13-15(14)11-16/h4-8,11-12H,3,9-10,13H2,1-2H3,(H,28,31)(H,26,27,29). The molecule has 2 aromatic carbocycles. The molecule has 166 valence electrons. The molecule has 2 N–H and O–H groups in total. The zero-order valence-corrected chi connectivity index (χ0v) is 19.3. The summed E-state index contributed by atoms with van der Waals surface area (Å²) in [6, 6.07) is 11.2. The van der Waals surface area contributed by atoms with Crippen molar-refractivity contribution in [1.82, 2.24) is 14.9 Å². The molecular formula is C23H23Cl2N5O2. The first-order chi connectivity index (χ1) is 15.4. The van der Waals surface area contributed by atoms with E-state index in [-0.39, 0.29) is 11.4 Å². The van der Waals surface area contributed by atoms with Gasteiger partial charge in [-0.15, -0.1) is 0 Å². The average Bonchev–Trinajstić information content (AvgIpc) is 2.76. The van der Waals surface area contributed by atoms with Crippen molar-refractivity contribution in [3.63, 3.8) is 0 Å². The highest BCUT2D eigenvalue weighted by Gasteiger charge is 2.19. The molecule has 0 aliphatic carbocycles. The fourth-order valence-electron chi connectivity index (χ4n) is 3.53. The Morgan fingerprint density at radius 1 is 1.19 bits per heavy atom. The van der Waals surface area contributed by atoms with Crippen molar-refractivity contribution in [2.24, 2.45) is 0 Å². The molecule has 0 atom stereocenters. The topological polar surface area (TPSA) is 79.4 Å². The Labute approximate surface area is 196 Å². The van der Waals surface area contributed by atoms with E-state index in [4.69, 9.17) is 27.9 Å². The Morgan fingerprint density at radius 2 is 1.97 bits per heavy atom. The van der Waals surface area contributed by atoms with Gasteiger partial charge in [0, 0.05) is 25.0 Å². The summed E-state index contributed by atoms with van der Waals surface area (Å²) in [5.74, 6) is 0.0417. The van der Waals surface area contributed by atoms with Crippen molar-refractivity contribution in [2.75, 3.05) is 30.8 Å². The van der Waals surface area contributed by atoms with Crippen molar-refractivity contribution in [3.05, 3.63) is 69.3 Å². The van der Waals surface area contributed by atoms with Gasteiger partial charge in [0.05, 0.1) is 22.3 Å². The van der Waals surface area contributed by atoms with Crippen LogP contribution >= 0.6 is 23.2 Å². The maximum absolute atomic E-state index is 12.9. The fraction of sp³-hybridized carbons (Fsp3) is 0.261. The molecule has 9 heteroatoms. The third kappa shape index (κ3) is 4.96. The van der Waals surface area contributed by atoms with Gasteiger partial charge in [-0.3, -0.25) is 4.79 Å². The van der Waals surface area contributed by atoms with Crippen molar-refractivity contribution in [3.8, 4) is 5.88 Å². The van der Waals surface area contributed by atoms with Crippen LogP contribution < -0.4 is 15.4 Å². The molecule has 3 aromatic rings. The molecule has 1 aromatic heterocycles. The number of benzene rings is 2. The molecule has 0 saturated heterocycles. The van der Waals surface area contributed by atoms with Crippen LogP contribution in [-0.2, 0) is 13.0 Å². The number of carbonyl (C=O) groups excluding carboxylic acids is 1. The highest BCUT2D eigenvalue weighted by atomic mass is 35.5. The largest absolute Gasteiger partial charge is 0.477 e. The van der Waals surface area contributed by atoms with E-state index in [2.05, 4.69) is 44.7 Å². The number of ether oxygens (including phenoxy) is 1. The van der Waals surface area contributed by atoms with Crippen LogP contribution in [-0.4, -0.2) is 41.0 Å². The van der Waals surface area contributed by atoms with E-state index in [9.17, 15) is 4.79 Å². The average molecular weight is 472 g/mol. The number of likely N-dealkylation sites (N-methyl/N-ethyl adjacent to an activating group) is 1. The van der Waals surface area contributed by atoms with Crippen molar-refractivity contribution < 1.29 is 9.53 Å². The molecule has 7 nitrogen and oxygen atoms in total. The third-order valence-corrected chi connectivity index (χ3v) is 5.78. The van der Waals surface area contributed by atoms with Gasteiger partial charge in [-0.25, -0.2) is 4.98 Å². The van der Waals surface area contributed by atoms with Crippen molar-refractivity contribution >= 4 is 46.4 Å². The normalized spacial score (nSPS) is 13.4. The minimum absolute atomic E-state index is 0.170. The van der Waals surface area contributed by atoms with Crippen molar-refractivity contribution in [2.45, 2.75) is 19.9 Å². The third-order valence-electron chi connectivity index (χ3n) is 5.15. The predicted molar refractivity (Wildman–Crippen MR) is 127 cm³/mol.